The summed E-state index contributed by atoms with van der Waals surface area (Å²) < 4.78 is 6.61. The Morgan fingerprint density at radius 3 is 2.58 bits per heavy atom. The van der Waals surface area contributed by atoms with E-state index >= 15 is 0 Å². The van der Waals surface area contributed by atoms with Gasteiger partial charge in [0.2, 0.25) is 5.75 Å². The zero-order chi connectivity index (χ0) is 14.0. The normalized spacial score (nSPS) is 10.3. The van der Waals surface area contributed by atoms with Crippen LogP contribution < -0.4 is 4.74 Å². The Morgan fingerprint density at radius 2 is 1.89 bits per heavy atom. The first kappa shape index (κ1) is 13.5. The maximum atomic E-state index is 11.0. The number of nitro benzene ring substituents is 1. The molecule has 0 aliphatic carbocycles. The van der Waals surface area contributed by atoms with Crippen molar-refractivity contribution in [2.45, 2.75) is 13.8 Å². The van der Waals surface area contributed by atoms with Crippen LogP contribution in [0.4, 0.5) is 5.69 Å². The lowest BCUT2D eigenvalue weighted by molar-refractivity contribution is -0.385. The molecular weight excluding hydrogens is 310 g/mol. The number of ether oxygens (including phenoxy) is 1. The van der Waals surface area contributed by atoms with Crippen molar-refractivity contribution in [3.8, 4) is 11.5 Å². The van der Waals surface area contributed by atoms with E-state index in [1.807, 2.05) is 19.1 Å². The molecule has 0 amide bonds. The van der Waals surface area contributed by atoms with Gasteiger partial charge in [0.25, 0.3) is 0 Å². The summed E-state index contributed by atoms with van der Waals surface area (Å²) in [6.45, 7) is 3.68. The molecule has 0 radical (unpaired) electrons. The van der Waals surface area contributed by atoms with Gasteiger partial charge in [-0.2, -0.15) is 0 Å². The van der Waals surface area contributed by atoms with Crippen LogP contribution in [0.2, 0.25) is 0 Å². The first-order valence-electron chi connectivity index (χ1n) is 5.67. The smallest absolute Gasteiger partial charge is 0.311 e. The zero-order valence-electron chi connectivity index (χ0n) is 10.5. The van der Waals surface area contributed by atoms with E-state index in [0.29, 0.717) is 5.75 Å². The lowest BCUT2D eigenvalue weighted by atomic mass is 10.2. The third kappa shape index (κ3) is 2.93. The van der Waals surface area contributed by atoms with Crippen molar-refractivity contribution < 1.29 is 9.66 Å². The summed E-state index contributed by atoms with van der Waals surface area (Å²) >= 11 is 3.36. The van der Waals surface area contributed by atoms with E-state index in [0.717, 1.165) is 15.6 Å². The number of rotatable bonds is 3. The van der Waals surface area contributed by atoms with Crippen molar-refractivity contribution in [1.82, 2.24) is 0 Å². The van der Waals surface area contributed by atoms with Gasteiger partial charge in [-0.05, 0) is 37.1 Å². The van der Waals surface area contributed by atoms with Gasteiger partial charge in [-0.1, -0.05) is 34.1 Å². The van der Waals surface area contributed by atoms with Gasteiger partial charge in [-0.15, -0.1) is 0 Å². The molecule has 0 bridgehead atoms. The quantitative estimate of drug-likeness (QED) is 0.604. The fraction of sp³-hybridized carbons (Fsp3) is 0.143. The Bertz CT molecular complexity index is 641. The molecule has 98 valence electrons. The summed E-state index contributed by atoms with van der Waals surface area (Å²) in [6.07, 6.45) is 0. The molecule has 0 aromatic heterocycles. The maximum Gasteiger partial charge on any atom is 0.311 e. The average molecular weight is 322 g/mol. The monoisotopic (exact) mass is 321 g/mol. The van der Waals surface area contributed by atoms with E-state index in [4.69, 9.17) is 4.74 Å². The van der Waals surface area contributed by atoms with E-state index in [1.54, 1.807) is 25.1 Å². The van der Waals surface area contributed by atoms with Crippen LogP contribution >= 0.6 is 15.9 Å². The first-order valence-corrected chi connectivity index (χ1v) is 6.46. The lowest BCUT2D eigenvalue weighted by Crippen LogP contribution is -1.96. The zero-order valence-corrected chi connectivity index (χ0v) is 12.1. The van der Waals surface area contributed by atoms with Crippen LogP contribution in [0.15, 0.2) is 40.9 Å². The van der Waals surface area contributed by atoms with Crippen molar-refractivity contribution in [1.29, 1.82) is 0 Å². The van der Waals surface area contributed by atoms with Crippen molar-refractivity contribution in [3.05, 3.63) is 62.1 Å². The van der Waals surface area contributed by atoms with Gasteiger partial charge in [-0.25, -0.2) is 0 Å². The summed E-state index contributed by atoms with van der Waals surface area (Å²) in [5.41, 5.74) is 1.62. The molecule has 2 aromatic rings. The number of para-hydroxylation sites is 1. The highest BCUT2D eigenvalue weighted by Crippen LogP contribution is 2.36. The minimum absolute atomic E-state index is 0.0284. The molecular formula is C14H12BrNO3. The van der Waals surface area contributed by atoms with Gasteiger partial charge >= 0.3 is 5.69 Å². The molecule has 4 nitrogen and oxygen atoms in total. The summed E-state index contributed by atoms with van der Waals surface area (Å²) in [5.74, 6) is 0.889. The Hall–Kier alpha value is -1.88. The Labute approximate surface area is 119 Å². The molecule has 0 unspecified atom stereocenters. The van der Waals surface area contributed by atoms with Gasteiger partial charge in [-0.3, -0.25) is 10.1 Å². The lowest BCUT2D eigenvalue weighted by Gasteiger charge is -2.11. The van der Waals surface area contributed by atoms with Crippen LogP contribution in [0.5, 0.6) is 11.5 Å². The summed E-state index contributed by atoms with van der Waals surface area (Å²) in [5, 5.41) is 11.0. The molecule has 0 aliphatic rings. The number of hydrogen-bond acceptors (Lipinski definition) is 3. The molecule has 0 heterocycles. The number of aryl methyl sites for hydroxylation is 2. The highest BCUT2D eigenvalue weighted by molar-refractivity contribution is 9.10. The second kappa shape index (κ2) is 5.40. The molecule has 2 aromatic carbocycles. The van der Waals surface area contributed by atoms with Gasteiger partial charge < -0.3 is 4.74 Å². The Kier molecular flexibility index (Phi) is 3.85. The standard InChI is InChI=1S/C14H12BrNO3/c1-9-6-7-11(15)8-13(9)19-14-10(2)4-3-5-12(14)16(17)18/h3-8H,1-2H3. The van der Waals surface area contributed by atoms with Gasteiger partial charge in [0.05, 0.1) is 4.92 Å². The highest BCUT2D eigenvalue weighted by Gasteiger charge is 2.18. The average Bonchev–Trinajstić information content (AvgIpc) is 2.35. The molecule has 19 heavy (non-hydrogen) atoms. The topological polar surface area (TPSA) is 52.4 Å². The fourth-order valence-corrected chi connectivity index (χ4v) is 2.05. The third-order valence-corrected chi connectivity index (χ3v) is 3.24. The van der Waals surface area contributed by atoms with Crippen LogP contribution in [0, 0.1) is 24.0 Å². The number of benzene rings is 2. The van der Waals surface area contributed by atoms with Gasteiger partial charge in [0.1, 0.15) is 5.75 Å². The molecule has 0 fully saturated rings. The van der Waals surface area contributed by atoms with E-state index in [-0.39, 0.29) is 11.4 Å². The van der Waals surface area contributed by atoms with Crippen molar-refractivity contribution in [2.75, 3.05) is 0 Å². The fourth-order valence-electron chi connectivity index (χ4n) is 1.71. The third-order valence-electron chi connectivity index (χ3n) is 2.75. The van der Waals surface area contributed by atoms with Gasteiger partial charge in [0.15, 0.2) is 0 Å². The Morgan fingerprint density at radius 1 is 1.16 bits per heavy atom. The molecule has 0 N–H and O–H groups in total. The van der Waals surface area contributed by atoms with Crippen LogP contribution in [-0.2, 0) is 0 Å². The second-order valence-corrected chi connectivity index (χ2v) is 5.11. The van der Waals surface area contributed by atoms with Gasteiger partial charge in [0, 0.05) is 10.5 Å². The minimum atomic E-state index is -0.435. The minimum Gasteiger partial charge on any atom is -0.450 e. The molecule has 0 saturated carbocycles. The number of halogens is 1. The van der Waals surface area contributed by atoms with Crippen LogP contribution in [0.1, 0.15) is 11.1 Å². The maximum absolute atomic E-state index is 11.0. The van der Waals surface area contributed by atoms with Crippen LogP contribution in [-0.4, -0.2) is 4.92 Å². The van der Waals surface area contributed by atoms with E-state index in [1.165, 1.54) is 6.07 Å². The molecule has 5 heteroatoms. The largest absolute Gasteiger partial charge is 0.450 e. The predicted octanol–water partition coefficient (Wildman–Crippen LogP) is 4.77. The first-order chi connectivity index (χ1) is 8.99. The van der Waals surface area contributed by atoms with E-state index < -0.39 is 4.92 Å². The summed E-state index contributed by atoms with van der Waals surface area (Å²) in [6, 6.07) is 10.5. The summed E-state index contributed by atoms with van der Waals surface area (Å²) in [7, 11) is 0. The number of nitro groups is 1. The molecule has 0 saturated heterocycles. The molecule has 0 spiro atoms. The predicted molar refractivity (Wildman–Crippen MR) is 76.8 cm³/mol. The number of nitrogens with zero attached hydrogens (tertiary/aromatic N) is 1. The van der Waals surface area contributed by atoms with Crippen LogP contribution in [0.25, 0.3) is 0 Å². The van der Waals surface area contributed by atoms with Crippen molar-refractivity contribution in [3.63, 3.8) is 0 Å². The van der Waals surface area contributed by atoms with Crippen molar-refractivity contribution >= 4 is 21.6 Å². The molecule has 2 rings (SSSR count). The van der Waals surface area contributed by atoms with Crippen LogP contribution in [0.3, 0.4) is 0 Å². The number of hydrogen-bond donors (Lipinski definition) is 0. The van der Waals surface area contributed by atoms with E-state index in [2.05, 4.69) is 15.9 Å². The van der Waals surface area contributed by atoms with E-state index in [9.17, 15) is 10.1 Å². The summed E-state index contributed by atoms with van der Waals surface area (Å²) in [4.78, 5) is 10.6. The molecule has 0 aliphatic heterocycles. The highest BCUT2D eigenvalue weighted by atomic mass is 79.9. The molecule has 0 atom stereocenters. The SMILES string of the molecule is Cc1ccc(Br)cc1Oc1c(C)cccc1[N+](=O)[O-]. The Balaban J connectivity index is 2.49. The van der Waals surface area contributed by atoms with Crippen molar-refractivity contribution in [2.24, 2.45) is 0 Å². The second-order valence-electron chi connectivity index (χ2n) is 4.19.